The monoisotopic (exact) mass is 341 g/mol. The van der Waals surface area contributed by atoms with Crippen LogP contribution in [0.5, 0.6) is 5.75 Å². The van der Waals surface area contributed by atoms with Crippen molar-refractivity contribution in [3.05, 3.63) is 65.2 Å². The number of carbonyl (C=O) groups is 2. The van der Waals surface area contributed by atoms with Crippen molar-refractivity contribution in [2.24, 2.45) is 0 Å². The lowest BCUT2D eigenvalue weighted by atomic mass is 10.1. The first-order valence-electron chi connectivity index (χ1n) is 8.18. The summed E-state index contributed by atoms with van der Waals surface area (Å²) in [6.07, 6.45) is 0.797. The highest BCUT2D eigenvalue weighted by atomic mass is 16.5. The van der Waals surface area contributed by atoms with Crippen LogP contribution in [-0.4, -0.2) is 25.6 Å². The number of nitrogens with one attached hydrogen (secondary N) is 1. The molecule has 0 fully saturated rings. The van der Waals surface area contributed by atoms with Crippen LogP contribution in [0.3, 0.4) is 0 Å². The summed E-state index contributed by atoms with van der Waals surface area (Å²) < 4.78 is 10.1. The van der Waals surface area contributed by atoms with E-state index in [2.05, 4.69) is 5.32 Å². The Kier molecular flexibility index (Phi) is 7.01. The highest BCUT2D eigenvalue weighted by molar-refractivity contribution is 5.80. The van der Waals surface area contributed by atoms with E-state index in [9.17, 15) is 9.59 Å². The molecule has 5 heteroatoms. The van der Waals surface area contributed by atoms with Gasteiger partial charge in [-0.2, -0.15) is 0 Å². The molecule has 2 rings (SSSR count). The third-order valence-corrected chi connectivity index (χ3v) is 3.88. The number of amides is 1. The van der Waals surface area contributed by atoms with Gasteiger partial charge in [-0.25, -0.2) is 0 Å². The van der Waals surface area contributed by atoms with Crippen LogP contribution in [0, 0.1) is 6.92 Å². The van der Waals surface area contributed by atoms with Gasteiger partial charge in [-0.15, -0.1) is 0 Å². The second-order valence-corrected chi connectivity index (χ2v) is 5.71. The van der Waals surface area contributed by atoms with Crippen LogP contribution >= 0.6 is 0 Å². The van der Waals surface area contributed by atoms with Crippen molar-refractivity contribution < 1.29 is 19.1 Å². The zero-order valence-corrected chi connectivity index (χ0v) is 14.6. The lowest BCUT2D eigenvalue weighted by Crippen LogP contribution is -2.28. The van der Waals surface area contributed by atoms with E-state index in [1.807, 2.05) is 55.5 Å². The maximum atomic E-state index is 11.8. The molecular weight excluding hydrogens is 318 g/mol. The van der Waals surface area contributed by atoms with E-state index in [-0.39, 0.29) is 24.9 Å². The summed E-state index contributed by atoms with van der Waals surface area (Å²) in [7, 11) is 1.61. The quantitative estimate of drug-likeness (QED) is 0.750. The van der Waals surface area contributed by atoms with Crippen molar-refractivity contribution >= 4 is 11.9 Å². The lowest BCUT2D eigenvalue weighted by Gasteiger charge is -2.08. The topological polar surface area (TPSA) is 64.6 Å². The van der Waals surface area contributed by atoms with Gasteiger partial charge in [-0.1, -0.05) is 36.4 Å². The van der Waals surface area contributed by atoms with Crippen molar-refractivity contribution in [1.29, 1.82) is 0 Å². The van der Waals surface area contributed by atoms with Crippen LogP contribution in [0.1, 0.15) is 23.1 Å². The predicted octanol–water partition coefficient (Wildman–Crippen LogP) is 2.80. The zero-order chi connectivity index (χ0) is 18.1. The Balaban J connectivity index is 1.66. The molecule has 0 saturated heterocycles. The minimum atomic E-state index is -0.387. The number of carbonyl (C=O) groups excluding carboxylic acids is 2. The summed E-state index contributed by atoms with van der Waals surface area (Å²) in [4.78, 5) is 23.5. The number of hydrogen-bond acceptors (Lipinski definition) is 4. The summed E-state index contributed by atoms with van der Waals surface area (Å²) in [6, 6.07) is 15.3. The number of methoxy groups -OCH3 is 1. The fraction of sp³-hybridized carbons (Fsp3) is 0.300. The van der Waals surface area contributed by atoms with Crippen LogP contribution in [0.25, 0.3) is 0 Å². The molecule has 0 spiro atoms. The van der Waals surface area contributed by atoms with Gasteiger partial charge in [0.25, 0.3) is 5.91 Å². The van der Waals surface area contributed by atoms with Crippen LogP contribution in [0.4, 0.5) is 0 Å². The fourth-order valence-electron chi connectivity index (χ4n) is 2.31. The van der Waals surface area contributed by atoms with E-state index in [1.165, 1.54) is 0 Å². The largest absolute Gasteiger partial charge is 0.497 e. The van der Waals surface area contributed by atoms with Gasteiger partial charge in [0.1, 0.15) is 5.75 Å². The molecule has 2 aromatic rings. The Labute approximate surface area is 148 Å². The highest BCUT2D eigenvalue weighted by Crippen LogP contribution is 2.12. The Bertz CT molecular complexity index is 710. The number of aryl methyl sites for hydroxylation is 2. The minimum Gasteiger partial charge on any atom is -0.497 e. The molecule has 0 bridgehead atoms. The molecular formula is C20H23NO4. The molecule has 0 aliphatic heterocycles. The molecule has 1 amide bonds. The third-order valence-electron chi connectivity index (χ3n) is 3.88. The lowest BCUT2D eigenvalue weighted by molar-refractivity contribution is -0.148. The van der Waals surface area contributed by atoms with Crippen molar-refractivity contribution in [2.45, 2.75) is 26.3 Å². The van der Waals surface area contributed by atoms with Gasteiger partial charge in [-0.3, -0.25) is 9.59 Å². The van der Waals surface area contributed by atoms with Crippen LogP contribution in [-0.2, 0) is 27.3 Å². The first-order valence-corrected chi connectivity index (χ1v) is 8.18. The average Bonchev–Trinajstić information content (AvgIpc) is 2.64. The number of benzene rings is 2. The molecule has 0 radical (unpaired) electrons. The van der Waals surface area contributed by atoms with Crippen LogP contribution < -0.4 is 10.1 Å². The number of rotatable bonds is 8. The van der Waals surface area contributed by atoms with Gasteiger partial charge in [0.05, 0.1) is 7.11 Å². The Morgan fingerprint density at radius 1 is 1.04 bits per heavy atom. The van der Waals surface area contributed by atoms with Gasteiger partial charge >= 0.3 is 5.97 Å². The molecule has 0 aliphatic rings. The Morgan fingerprint density at radius 3 is 2.44 bits per heavy atom. The molecule has 0 aliphatic carbocycles. The van der Waals surface area contributed by atoms with Gasteiger partial charge in [0.2, 0.25) is 0 Å². The minimum absolute atomic E-state index is 0.234. The second-order valence-electron chi connectivity index (χ2n) is 5.71. The standard InChI is InChI=1S/C20H23NO4/c1-15-5-3-4-6-17(15)13-21-19(22)14-25-20(23)12-9-16-7-10-18(24-2)11-8-16/h3-8,10-11H,9,12-14H2,1-2H3,(H,21,22). The van der Waals surface area contributed by atoms with E-state index >= 15 is 0 Å². The van der Waals surface area contributed by atoms with E-state index in [4.69, 9.17) is 9.47 Å². The first kappa shape index (κ1) is 18.5. The summed E-state index contributed by atoms with van der Waals surface area (Å²) >= 11 is 0. The van der Waals surface area contributed by atoms with Gasteiger partial charge in [0, 0.05) is 13.0 Å². The molecule has 132 valence electrons. The molecule has 0 atom stereocenters. The first-order chi connectivity index (χ1) is 12.1. The molecule has 0 saturated carbocycles. The zero-order valence-electron chi connectivity index (χ0n) is 14.6. The highest BCUT2D eigenvalue weighted by Gasteiger charge is 2.08. The number of hydrogen-bond donors (Lipinski definition) is 1. The van der Waals surface area contributed by atoms with Crippen molar-refractivity contribution in [2.75, 3.05) is 13.7 Å². The van der Waals surface area contributed by atoms with E-state index < -0.39 is 0 Å². The molecule has 25 heavy (non-hydrogen) atoms. The smallest absolute Gasteiger partial charge is 0.306 e. The molecule has 5 nitrogen and oxygen atoms in total. The maximum absolute atomic E-state index is 11.8. The predicted molar refractivity (Wildman–Crippen MR) is 95.3 cm³/mol. The summed E-state index contributed by atoms with van der Waals surface area (Å²) in [6.45, 7) is 2.16. The van der Waals surface area contributed by atoms with Crippen molar-refractivity contribution in [3.8, 4) is 5.75 Å². The summed E-state index contributed by atoms with van der Waals surface area (Å²) in [5.74, 6) is 0.0829. The van der Waals surface area contributed by atoms with E-state index in [0.29, 0.717) is 13.0 Å². The van der Waals surface area contributed by atoms with Crippen LogP contribution in [0.15, 0.2) is 48.5 Å². The molecule has 0 unspecified atom stereocenters. The maximum Gasteiger partial charge on any atom is 0.306 e. The van der Waals surface area contributed by atoms with Gasteiger partial charge < -0.3 is 14.8 Å². The molecule has 1 N–H and O–H groups in total. The van der Waals surface area contributed by atoms with Crippen molar-refractivity contribution in [1.82, 2.24) is 5.32 Å². The van der Waals surface area contributed by atoms with Crippen molar-refractivity contribution in [3.63, 3.8) is 0 Å². The van der Waals surface area contributed by atoms with Gasteiger partial charge in [0.15, 0.2) is 6.61 Å². The number of ether oxygens (including phenoxy) is 2. The van der Waals surface area contributed by atoms with E-state index in [1.54, 1.807) is 7.11 Å². The van der Waals surface area contributed by atoms with Crippen LogP contribution in [0.2, 0.25) is 0 Å². The number of esters is 1. The third kappa shape index (κ3) is 6.30. The SMILES string of the molecule is COc1ccc(CCC(=O)OCC(=O)NCc2ccccc2C)cc1. The molecule has 0 aromatic heterocycles. The Morgan fingerprint density at radius 2 is 1.76 bits per heavy atom. The average molecular weight is 341 g/mol. The normalized spacial score (nSPS) is 10.2. The Hall–Kier alpha value is -2.82. The fourth-order valence-corrected chi connectivity index (χ4v) is 2.31. The van der Waals surface area contributed by atoms with E-state index in [0.717, 1.165) is 22.4 Å². The van der Waals surface area contributed by atoms with Gasteiger partial charge in [-0.05, 0) is 42.2 Å². The summed E-state index contributed by atoms with van der Waals surface area (Å²) in [5.41, 5.74) is 3.17. The molecule has 2 aromatic carbocycles. The summed E-state index contributed by atoms with van der Waals surface area (Å²) in [5, 5.41) is 2.75. The molecule has 0 heterocycles. The second kappa shape index (κ2) is 9.47.